The van der Waals surface area contributed by atoms with E-state index >= 15 is 0 Å². The fourth-order valence-electron chi connectivity index (χ4n) is 3.57. The average Bonchev–Trinajstić information content (AvgIpc) is 2.79. The molecule has 0 aliphatic heterocycles. The van der Waals surface area contributed by atoms with E-state index in [1.54, 1.807) is 19.1 Å². The molecule has 0 saturated carbocycles. The van der Waals surface area contributed by atoms with E-state index in [0.29, 0.717) is 5.69 Å². The van der Waals surface area contributed by atoms with Crippen LogP contribution in [0.15, 0.2) is 54.6 Å². The number of sulfonamides is 1. The Morgan fingerprint density at radius 1 is 0.971 bits per heavy atom. The van der Waals surface area contributed by atoms with Crippen LogP contribution in [0.25, 0.3) is 0 Å². The van der Waals surface area contributed by atoms with Crippen molar-refractivity contribution in [2.45, 2.75) is 72.0 Å². The Labute approximate surface area is 210 Å². The molecule has 2 rings (SSSR count). The van der Waals surface area contributed by atoms with Gasteiger partial charge in [-0.25, -0.2) is 8.42 Å². The average molecular weight is 502 g/mol. The van der Waals surface area contributed by atoms with Crippen molar-refractivity contribution in [1.29, 1.82) is 0 Å². The van der Waals surface area contributed by atoms with Crippen molar-refractivity contribution in [2.24, 2.45) is 0 Å². The van der Waals surface area contributed by atoms with Crippen LogP contribution >= 0.6 is 0 Å². The number of nitrogens with one attached hydrogen (secondary N) is 1. The first-order valence-corrected chi connectivity index (χ1v) is 13.8. The minimum absolute atomic E-state index is 0.0347. The number of carbonyl (C=O) groups is 2. The fourth-order valence-corrected chi connectivity index (χ4v) is 4.42. The van der Waals surface area contributed by atoms with Gasteiger partial charge in [0.25, 0.3) is 0 Å². The first kappa shape index (κ1) is 28.4. The standard InChI is InChI=1S/C27H39N3O4S/c1-8-20(2)28-26(32)21(3)29(18-22-12-10-9-11-13-22)25(31)19-30(35(7,33)34)24-16-14-23(15-17-24)27(4,5)6/h9-17,20-21H,8,18-19H2,1-7H3,(H,28,32)/t20-,21+/m1/s1. The highest BCUT2D eigenvalue weighted by Crippen LogP contribution is 2.26. The predicted molar refractivity (Wildman–Crippen MR) is 142 cm³/mol. The van der Waals surface area contributed by atoms with Gasteiger partial charge in [-0.15, -0.1) is 0 Å². The third-order valence-corrected chi connectivity index (χ3v) is 7.21. The van der Waals surface area contributed by atoms with E-state index in [4.69, 9.17) is 0 Å². The lowest BCUT2D eigenvalue weighted by Gasteiger charge is -2.32. The maximum Gasteiger partial charge on any atom is 0.244 e. The van der Waals surface area contributed by atoms with Gasteiger partial charge in [-0.3, -0.25) is 13.9 Å². The number of benzene rings is 2. The zero-order valence-electron chi connectivity index (χ0n) is 21.9. The lowest BCUT2D eigenvalue weighted by atomic mass is 9.87. The molecule has 1 N–H and O–H groups in total. The molecule has 0 radical (unpaired) electrons. The van der Waals surface area contributed by atoms with Crippen molar-refractivity contribution in [1.82, 2.24) is 10.2 Å². The van der Waals surface area contributed by atoms with E-state index in [1.807, 2.05) is 56.3 Å². The van der Waals surface area contributed by atoms with Crippen LogP contribution < -0.4 is 9.62 Å². The number of hydrogen-bond acceptors (Lipinski definition) is 4. The summed E-state index contributed by atoms with van der Waals surface area (Å²) >= 11 is 0. The molecule has 0 aliphatic carbocycles. The Morgan fingerprint density at radius 2 is 1.54 bits per heavy atom. The third kappa shape index (κ3) is 8.09. The van der Waals surface area contributed by atoms with E-state index in [0.717, 1.165) is 28.1 Å². The monoisotopic (exact) mass is 501 g/mol. The molecule has 2 atom stereocenters. The number of amides is 2. The number of hydrogen-bond donors (Lipinski definition) is 1. The first-order chi connectivity index (χ1) is 16.2. The second kappa shape index (κ2) is 11.7. The molecule has 0 fully saturated rings. The summed E-state index contributed by atoms with van der Waals surface area (Å²) < 4.78 is 26.5. The van der Waals surface area contributed by atoms with Gasteiger partial charge in [-0.05, 0) is 48.9 Å². The number of carbonyl (C=O) groups excluding carboxylic acids is 2. The van der Waals surface area contributed by atoms with Crippen molar-refractivity contribution in [3.8, 4) is 0 Å². The zero-order chi connectivity index (χ0) is 26.4. The van der Waals surface area contributed by atoms with Gasteiger partial charge in [0.05, 0.1) is 11.9 Å². The number of nitrogens with zero attached hydrogens (tertiary/aromatic N) is 2. The molecule has 0 spiro atoms. The Morgan fingerprint density at radius 3 is 2.03 bits per heavy atom. The second-order valence-corrected chi connectivity index (χ2v) is 12.0. The van der Waals surface area contributed by atoms with Crippen LogP contribution in [0.3, 0.4) is 0 Å². The van der Waals surface area contributed by atoms with Crippen LogP contribution in [-0.4, -0.2) is 50.0 Å². The minimum Gasteiger partial charge on any atom is -0.352 e. The van der Waals surface area contributed by atoms with Crippen molar-refractivity contribution in [3.05, 3.63) is 65.7 Å². The van der Waals surface area contributed by atoms with Gasteiger partial charge in [-0.1, -0.05) is 70.2 Å². The number of anilines is 1. The highest BCUT2D eigenvalue weighted by molar-refractivity contribution is 7.92. The fraction of sp³-hybridized carbons (Fsp3) is 0.481. The number of rotatable bonds is 10. The third-order valence-electron chi connectivity index (χ3n) is 6.06. The largest absolute Gasteiger partial charge is 0.352 e. The molecule has 0 aromatic heterocycles. The molecule has 2 aromatic rings. The second-order valence-electron chi connectivity index (χ2n) is 10.1. The van der Waals surface area contributed by atoms with E-state index in [1.165, 1.54) is 4.90 Å². The molecule has 2 amide bonds. The van der Waals surface area contributed by atoms with Crippen LogP contribution in [0, 0.1) is 0 Å². The summed E-state index contributed by atoms with van der Waals surface area (Å²) in [7, 11) is -3.75. The molecule has 0 unspecified atom stereocenters. The normalized spacial score (nSPS) is 13.6. The Bertz CT molecular complexity index is 1090. The van der Waals surface area contributed by atoms with Gasteiger partial charge >= 0.3 is 0 Å². The SMILES string of the molecule is CC[C@@H](C)NC(=O)[C@H](C)N(Cc1ccccc1)C(=O)CN(c1ccc(C(C)(C)C)cc1)S(C)(=O)=O. The highest BCUT2D eigenvalue weighted by Gasteiger charge is 2.30. The zero-order valence-corrected chi connectivity index (χ0v) is 22.7. The molecule has 192 valence electrons. The summed E-state index contributed by atoms with van der Waals surface area (Å²) in [4.78, 5) is 27.9. The summed E-state index contributed by atoms with van der Waals surface area (Å²) in [6, 6.07) is 15.7. The predicted octanol–water partition coefficient (Wildman–Crippen LogP) is 4.08. The molecule has 7 nitrogen and oxygen atoms in total. The Kier molecular flexibility index (Phi) is 9.49. The molecule has 0 bridgehead atoms. The molecule has 0 heterocycles. The van der Waals surface area contributed by atoms with Gasteiger partial charge in [0, 0.05) is 12.6 Å². The van der Waals surface area contributed by atoms with E-state index < -0.39 is 28.5 Å². The molecule has 0 saturated heterocycles. The van der Waals surface area contributed by atoms with E-state index in [9.17, 15) is 18.0 Å². The van der Waals surface area contributed by atoms with Crippen LogP contribution in [0.2, 0.25) is 0 Å². The lowest BCUT2D eigenvalue weighted by Crippen LogP contribution is -2.52. The van der Waals surface area contributed by atoms with Crippen LogP contribution in [0.4, 0.5) is 5.69 Å². The smallest absolute Gasteiger partial charge is 0.244 e. The van der Waals surface area contributed by atoms with Crippen molar-refractivity contribution in [3.63, 3.8) is 0 Å². The first-order valence-electron chi connectivity index (χ1n) is 12.0. The molecule has 35 heavy (non-hydrogen) atoms. The van der Waals surface area contributed by atoms with Crippen molar-refractivity contribution < 1.29 is 18.0 Å². The quantitative estimate of drug-likeness (QED) is 0.531. The summed E-state index contributed by atoms with van der Waals surface area (Å²) in [5, 5.41) is 2.92. The van der Waals surface area contributed by atoms with Crippen LogP contribution in [0.1, 0.15) is 59.1 Å². The lowest BCUT2D eigenvalue weighted by molar-refractivity contribution is -0.139. The minimum atomic E-state index is -3.75. The molecule has 2 aromatic carbocycles. The van der Waals surface area contributed by atoms with Gasteiger partial charge in [-0.2, -0.15) is 0 Å². The summed E-state index contributed by atoms with van der Waals surface area (Å²) in [6.45, 7) is 11.6. The van der Waals surface area contributed by atoms with E-state index in [-0.39, 0.29) is 23.9 Å². The summed E-state index contributed by atoms with van der Waals surface area (Å²) in [5.41, 5.74) is 2.23. The van der Waals surface area contributed by atoms with E-state index in [2.05, 4.69) is 26.1 Å². The maximum absolute atomic E-state index is 13.5. The van der Waals surface area contributed by atoms with Gasteiger partial charge in [0.15, 0.2) is 0 Å². The Balaban J connectivity index is 2.37. The van der Waals surface area contributed by atoms with Gasteiger partial charge < -0.3 is 10.2 Å². The highest BCUT2D eigenvalue weighted by atomic mass is 32.2. The maximum atomic E-state index is 13.5. The molecule has 0 aliphatic rings. The molecular formula is C27H39N3O4S. The topological polar surface area (TPSA) is 86.8 Å². The van der Waals surface area contributed by atoms with Crippen molar-refractivity contribution in [2.75, 3.05) is 17.1 Å². The van der Waals surface area contributed by atoms with Crippen LogP contribution in [0.5, 0.6) is 0 Å². The molecular weight excluding hydrogens is 462 g/mol. The molecule has 8 heteroatoms. The Hall–Kier alpha value is -2.87. The van der Waals surface area contributed by atoms with Gasteiger partial charge in [0.2, 0.25) is 21.8 Å². The van der Waals surface area contributed by atoms with Crippen LogP contribution in [-0.2, 0) is 31.6 Å². The van der Waals surface area contributed by atoms with Crippen molar-refractivity contribution >= 4 is 27.5 Å². The summed E-state index contributed by atoms with van der Waals surface area (Å²) in [5.74, 6) is -0.727. The summed E-state index contributed by atoms with van der Waals surface area (Å²) in [6.07, 6.45) is 1.84. The van der Waals surface area contributed by atoms with Gasteiger partial charge in [0.1, 0.15) is 12.6 Å².